The fourth-order valence-corrected chi connectivity index (χ4v) is 4.42. The Balaban J connectivity index is 1.57. The molecule has 1 saturated heterocycles. The number of morpholine rings is 1. The van der Waals surface area contributed by atoms with Crippen molar-refractivity contribution in [2.75, 3.05) is 25.0 Å². The first-order valence-electron chi connectivity index (χ1n) is 10.7. The van der Waals surface area contributed by atoms with Crippen LogP contribution in [0.2, 0.25) is 0 Å². The molecule has 2 aromatic rings. The van der Waals surface area contributed by atoms with Crippen LogP contribution in [-0.4, -0.2) is 53.5 Å². The van der Waals surface area contributed by atoms with Crippen LogP contribution in [0.15, 0.2) is 48.5 Å². The molecule has 158 valence electrons. The number of nitrogens with zero attached hydrogens (tertiary/aromatic N) is 2. The topological polar surface area (TPSA) is 61.9 Å². The Morgan fingerprint density at radius 2 is 1.83 bits per heavy atom. The molecule has 0 radical (unpaired) electrons. The van der Waals surface area contributed by atoms with Crippen LogP contribution < -0.4 is 5.32 Å². The first kappa shape index (κ1) is 20.4. The van der Waals surface area contributed by atoms with E-state index >= 15 is 0 Å². The minimum atomic E-state index is -0.234. The molecule has 3 unspecified atom stereocenters. The SMILES string of the molecule is CCCN1C(=O)c2ccccc2C1Nc1cccc(C(=O)N2CC(C)OC(C)C2)c1. The summed E-state index contributed by atoms with van der Waals surface area (Å²) in [5.74, 6) is 0.0578. The second kappa shape index (κ2) is 8.48. The first-order valence-corrected chi connectivity index (χ1v) is 10.7. The molecule has 0 saturated carbocycles. The zero-order valence-corrected chi connectivity index (χ0v) is 17.8. The Labute approximate surface area is 177 Å². The molecule has 1 N–H and O–H groups in total. The molecule has 0 aromatic heterocycles. The zero-order chi connectivity index (χ0) is 21.3. The van der Waals surface area contributed by atoms with E-state index in [1.807, 2.05) is 72.2 Å². The first-order chi connectivity index (χ1) is 14.5. The van der Waals surface area contributed by atoms with E-state index in [1.165, 1.54) is 0 Å². The minimum Gasteiger partial charge on any atom is -0.372 e. The van der Waals surface area contributed by atoms with Gasteiger partial charge in [0.25, 0.3) is 11.8 Å². The summed E-state index contributed by atoms with van der Waals surface area (Å²) in [6, 6.07) is 15.3. The minimum absolute atomic E-state index is 0.00830. The highest BCUT2D eigenvalue weighted by Gasteiger charge is 2.36. The fraction of sp³-hybridized carbons (Fsp3) is 0.417. The van der Waals surface area contributed by atoms with E-state index in [2.05, 4.69) is 12.2 Å². The van der Waals surface area contributed by atoms with Gasteiger partial charge in [-0.3, -0.25) is 9.59 Å². The zero-order valence-electron chi connectivity index (χ0n) is 17.8. The summed E-state index contributed by atoms with van der Waals surface area (Å²) < 4.78 is 5.75. The summed E-state index contributed by atoms with van der Waals surface area (Å²) in [6.07, 6.45) is 0.705. The second-order valence-electron chi connectivity index (χ2n) is 8.18. The average Bonchev–Trinajstić information content (AvgIpc) is 2.99. The van der Waals surface area contributed by atoms with Crippen molar-refractivity contribution in [3.05, 3.63) is 65.2 Å². The number of ether oxygens (including phenoxy) is 1. The molecule has 6 heteroatoms. The Kier molecular flexibility index (Phi) is 5.77. The van der Waals surface area contributed by atoms with Gasteiger partial charge in [-0.05, 0) is 44.5 Å². The highest BCUT2D eigenvalue weighted by molar-refractivity contribution is 5.99. The van der Waals surface area contributed by atoms with Crippen molar-refractivity contribution < 1.29 is 14.3 Å². The maximum Gasteiger partial charge on any atom is 0.256 e. The third-order valence-electron chi connectivity index (χ3n) is 5.64. The molecule has 2 amide bonds. The molecule has 2 aliphatic heterocycles. The maximum atomic E-state index is 13.1. The molecular formula is C24H29N3O3. The Bertz CT molecular complexity index is 935. The summed E-state index contributed by atoms with van der Waals surface area (Å²) in [5, 5.41) is 3.49. The Morgan fingerprint density at radius 1 is 1.10 bits per heavy atom. The predicted molar refractivity (Wildman–Crippen MR) is 116 cm³/mol. The maximum absolute atomic E-state index is 13.1. The van der Waals surface area contributed by atoms with Gasteiger partial charge >= 0.3 is 0 Å². The molecule has 0 aliphatic carbocycles. The van der Waals surface area contributed by atoms with E-state index in [0.717, 1.165) is 23.2 Å². The number of rotatable bonds is 5. The molecular weight excluding hydrogens is 378 g/mol. The highest BCUT2D eigenvalue weighted by atomic mass is 16.5. The van der Waals surface area contributed by atoms with Crippen LogP contribution in [0.25, 0.3) is 0 Å². The lowest BCUT2D eigenvalue weighted by molar-refractivity contribution is -0.0586. The van der Waals surface area contributed by atoms with Crippen molar-refractivity contribution in [1.29, 1.82) is 0 Å². The van der Waals surface area contributed by atoms with E-state index in [0.29, 0.717) is 25.2 Å². The summed E-state index contributed by atoms with van der Waals surface area (Å²) in [4.78, 5) is 29.6. The molecule has 30 heavy (non-hydrogen) atoms. The van der Waals surface area contributed by atoms with Gasteiger partial charge in [0, 0.05) is 42.0 Å². The van der Waals surface area contributed by atoms with Crippen molar-refractivity contribution in [2.45, 2.75) is 45.6 Å². The fourth-order valence-electron chi connectivity index (χ4n) is 4.42. The van der Waals surface area contributed by atoms with Crippen molar-refractivity contribution >= 4 is 17.5 Å². The van der Waals surface area contributed by atoms with Crippen LogP contribution in [0, 0.1) is 0 Å². The number of hydrogen-bond acceptors (Lipinski definition) is 4. The molecule has 1 fully saturated rings. The normalized spacial score (nSPS) is 23.4. The summed E-state index contributed by atoms with van der Waals surface area (Å²) >= 11 is 0. The van der Waals surface area contributed by atoms with Gasteiger partial charge in [-0.15, -0.1) is 0 Å². The smallest absolute Gasteiger partial charge is 0.256 e. The van der Waals surface area contributed by atoms with Crippen LogP contribution in [0.3, 0.4) is 0 Å². The number of anilines is 1. The van der Waals surface area contributed by atoms with Crippen LogP contribution in [0.5, 0.6) is 0 Å². The van der Waals surface area contributed by atoms with E-state index in [-0.39, 0.29) is 30.2 Å². The predicted octanol–water partition coefficient (Wildman–Crippen LogP) is 3.91. The number of carbonyl (C=O) groups is 2. The number of amides is 2. The highest BCUT2D eigenvalue weighted by Crippen LogP contribution is 2.34. The van der Waals surface area contributed by atoms with Gasteiger partial charge < -0.3 is 19.9 Å². The number of carbonyl (C=O) groups excluding carboxylic acids is 2. The van der Waals surface area contributed by atoms with Crippen molar-refractivity contribution in [3.63, 3.8) is 0 Å². The van der Waals surface area contributed by atoms with E-state index in [1.54, 1.807) is 0 Å². The van der Waals surface area contributed by atoms with Gasteiger partial charge in [0.2, 0.25) is 0 Å². The largest absolute Gasteiger partial charge is 0.372 e. The van der Waals surface area contributed by atoms with Crippen LogP contribution >= 0.6 is 0 Å². The molecule has 3 atom stereocenters. The summed E-state index contributed by atoms with van der Waals surface area (Å²) in [6.45, 7) is 7.91. The standard InChI is InChI=1S/C24H29N3O3/c1-4-12-27-22(20-10-5-6-11-21(20)24(27)29)25-19-9-7-8-18(13-19)23(28)26-14-16(2)30-17(3)15-26/h5-11,13,16-17,22,25H,4,12,14-15H2,1-3H3. The molecule has 0 spiro atoms. The van der Waals surface area contributed by atoms with E-state index in [4.69, 9.17) is 4.74 Å². The van der Waals surface area contributed by atoms with Crippen molar-refractivity contribution in [2.24, 2.45) is 0 Å². The number of nitrogens with one attached hydrogen (secondary N) is 1. The Morgan fingerprint density at radius 3 is 2.57 bits per heavy atom. The molecule has 6 nitrogen and oxygen atoms in total. The van der Waals surface area contributed by atoms with Gasteiger partial charge in [0.15, 0.2) is 0 Å². The number of hydrogen-bond donors (Lipinski definition) is 1. The lowest BCUT2D eigenvalue weighted by atomic mass is 10.1. The molecule has 4 rings (SSSR count). The summed E-state index contributed by atoms with van der Waals surface area (Å²) in [5.41, 5.74) is 3.18. The third kappa shape index (κ3) is 3.92. The van der Waals surface area contributed by atoms with Crippen LogP contribution in [0.4, 0.5) is 5.69 Å². The van der Waals surface area contributed by atoms with Crippen LogP contribution in [0.1, 0.15) is 59.6 Å². The third-order valence-corrected chi connectivity index (χ3v) is 5.64. The van der Waals surface area contributed by atoms with E-state index in [9.17, 15) is 9.59 Å². The van der Waals surface area contributed by atoms with Gasteiger partial charge in [-0.25, -0.2) is 0 Å². The Hall–Kier alpha value is -2.86. The van der Waals surface area contributed by atoms with E-state index < -0.39 is 0 Å². The molecule has 2 aromatic carbocycles. The van der Waals surface area contributed by atoms with Gasteiger partial charge in [0.05, 0.1) is 12.2 Å². The second-order valence-corrected chi connectivity index (χ2v) is 8.18. The molecule has 0 bridgehead atoms. The van der Waals surface area contributed by atoms with Crippen molar-refractivity contribution in [1.82, 2.24) is 9.80 Å². The van der Waals surface area contributed by atoms with Gasteiger partial charge in [-0.1, -0.05) is 31.2 Å². The quantitative estimate of drug-likeness (QED) is 0.816. The molecule has 2 heterocycles. The lowest BCUT2D eigenvalue weighted by Gasteiger charge is -2.35. The number of fused-ring (bicyclic) bond motifs is 1. The van der Waals surface area contributed by atoms with Crippen molar-refractivity contribution in [3.8, 4) is 0 Å². The lowest BCUT2D eigenvalue weighted by Crippen LogP contribution is -2.48. The average molecular weight is 408 g/mol. The van der Waals surface area contributed by atoms with Gasteiger partial charge in [0.1, 0.15) is 6.17 Å². The van der Waals surface area contributed by atoms with Gasteiger partial charge in [-0.2, -0.15) is 0 Å². The van der Waals surface area contributed by atoms with Crippen LogP contribution in [-0.2, 0) is 4.74 Å². The number of benzene rings is 2. The monoisotopic (exact) mass is 407 g/mol. The summed E-state index contributed by atoms with van der Waals surface area (Å²) in [7, 11) is 0. The molecule has 2 aliphatic rings.